The quantitative estimate of drug-likeness (QED) is 0.746. The van der Waals surface area contributed by atoms with Crippen molar-refractivity contribution in [2.24, 2.45) is 0 Å². The van der Waals surface area contributed by atoms with E-state index in [2.05, 4.69) is 9.97 Å². The van der Waals surface area contributed by atoms with Crippen LogP contribution in [0, 0.1) is 0 Å². The van der Waals surface area contributed by atoms with Gasteiger partial charge in [-0.15, -0.1) is 0 Å². The van der Waals surface area contributed by atoms with Crippen LogP contribution in [0.3, 0.4) is 0 Å². The summed E-state index contributed by atoms with van der Waals surface area (Å²) in [6, 6.07) is 11.4. The van der Waals surface area contributed by atoms with Crippen molar-refractivity contribution in [2.45, 2.75) is 16.9 Å². The van der Waals surface area contributed by atoms with Crippen LogP contribution in [-0.4, -0.2) is 15.1 Å². The third-order valence-electron chi connectivity index (χ3n) is 2.36. The molecule has 0 saturated carbocycles. The molecule has 86 valence electrons. The zero-order valence-electron chi connectivity index (χ0n) is 8.88. The lowest BCUT2D eigenvalue weighted by atomic mass is 10.3. The van der Waals surface area contributed by atoms with Gasteiger partial charge in [0.15, 0.2) is 10.2 Å². The summed E-state index contributed by atoms with van der Waals surface area (Å²) in [7, 11) is 0. The van der Waals surface area contributed by atoms with Gasteiger partial charge in [0.2, 0.25) is 0 Å². The van der Waals surface area contributed by atoms with Crippen molar-refractivity contribution >= 4 is 22.8 Å². The zero-order valence-corrected chi connectivity index (χ0v) is 9.70. The molecule has 0 aliphatic heterocycles. The van der Waals surface area contributed by atoms with Gasteiger partial charge in [0.25, 0.3) is 0 Å². The minimum Gasteiger partial charge on any atom is -0.452 e. The zero-order chi connectivity index (χ0) is 11.7. The molecule has 0 unspecified atom stereocenters. The third kappa shape index (κ3) is 2.07. The number of imidazole rings is 1. The molecule has 0 fully saturated rings. The van der Waals surface area contributed by atoms with E-state index in [1.807, 2.05) is 30.3 Å². The smallest absolute Gasteiger partial charge is 0.174 e. The van der Waals surface area contributed by atoms with Crippen molar-refractivity contribution in [3.05, 3.63) is 42.2 Å². The number of hydrogen-bond donors (Lipinski definition) is 2. The number of aliphatic hydroxyl groups is 1. The number of rotatable bonds is 3. The summed E-state index contributed by atoms with van der Waals surface area (Å²) in [6.07, 6.45) is 0. The number of para-hydroxylation sites is 2. The SMILES string of the molecule is OCc1ccc(Sc2nc3ccccc3[nH]2)o1. The van der Waals surface area contributed by atoms with E-state index >= 15 is 0 Å². The second-order valence-electron chi connectivity index (χ2n) is 3.54. The molecule has 0 atom stereocenters. The molecular weight excluding hydrogens is 236 g/mol. The predicted octanol–water partition coefficient (Wildman–Crippen LogP) is 2.80. The van der Waals surface area contributed by atoms with E-state index in [9.17, 15) is 0 Å². The number of aliphatic hydroxyl groups excluding tert-OH is 1. The average molecular weight is 246 g/mol. The van der Waals surface area contributed by atoms with Crippen LogP contribution in [0.1, 0.15) is 5.76 Å². The van der Waals surface area contributed by atoms with Gasteiger partial charge in [-0.05, 0) is 36.0 Å². The molecule has 4 nitrogen and oxygen atoms in total. The fourth-order valence-electron chi connectivity index (χ4n) is 1.57. The Morgan fingerprint density at radius 3 is 2.88 bits per heavy atom. The van der Waals surface area contributed by atoms with Crippen LogP contribution in [0.15, 0.2) is 51.1 Å². The third-order valence-corrected chi connectivity index (χ3v) is 3.17. The van der Waals surface area contributed by atoms with Crippen molar-refractivity contribution in [1.29, 1.82) is 0 Å². The van der Waals surface area contributed by atoms with Crippen LogP contribution < -0.4 is 0 Å². The summed E-state index contributed by atoms with van der Waals surface area (Å²) >= 11 is 1.41. The number of fused-ring (bicyclic) bond motifs is 1. The minimum absolute atomic E-state index is 0.0826. The fraction of sp³-hybridized carbons (Fsp3) is 0.0833. The average Bonchev–Trinajstić information content (AvgIpc) is 2.94. The van der Waals surface area contributed by atoms with Gasteiger partial charge >= 0.3 is 0 Å². The Bertz CT molecular complexity index is 612. The molecule has 0 radical (unpaired) electrons. The Balaban J connectivity index is 1.89. The monoisotopic (exact) mass is 246 g/mol. The first-order valence-corrected chi connectivity index (χ1v) is 5.99. The molecule has 0 spiro atoms. The molecule has 0 bridgehead atoms. The topological polar surface area (TPSA) is 62.1 Å². The molecule has 0 aliphatic carbocycles. The van der Waals surface area contributed by atoms with Gasteiger partial charge in [0, 0.05) is 0 Å². The number of H-pyrrole nitrogens is 1. The molecule has 17 heavy (non-hydrogen) atoms. The van der Waals surface area contributed by atoms with E-state index < -0.39 is 0 Å². The van der Waals surface area contributed by atoms with E-state index in [1.54, 1.807) is 6.07 Å². The summed E-state index contributed by atoms with van der Waals surface area (Å²) in [6.45, 7) is -0.0826. The highest BCUT2D eigenvalue weighted by molar-refractivity contribution is 7.99. The lowest BCUT2D eigenvalue weighted by molar-refractivity contribution is 0.237. The Kier molecular flexibility index (Phi) is 2.62. The number of nitrogens with one attached hydrogen (secondary N) is 1. The van der Waals surface area contributed by atoms with Crippen molar-refractivity contribution in [2.75, 3.05) is 0 Å². The summed E-state index contributed by atoms with van der Waals surface area (Å²) in [4.78, 5) is 7.63. The van der Waals surface area contributed by atoms with Gasteiger partial charge < -0.3 is 14.5 Å². The van der Waals surface area contributed by atoms with Gasteiger partial charge in [-0.1, -0.05) is 12.1 Å². The minimum atomic E-state index is -0.0826. The standard InChI is InChI=1S/C12H10N2O2S/c15-7-8-5-6-11(16-8)17-12-13-9-3-1-2-4-10(9)14-12/h1-6,15H,7H2,(H,13,14). The van der Waals surface area contributed by atoms with Crippen LogP contribution >= 0.6 is 11.8 Å². The Labute approximate surface area is 102 Å². The number of hydrogen-bond acceptors (Lipinski definition) is 4. The van der Waals surface area contributed by atoms with Crippen LogP contribution in [0.2, 0.25) is 0 Å². The van der Waals surface area contributed by atoms with Crippen LogP contribution in [-0.2, 0) is 6.61 Å². The highest BCUT2D eigenvalue weighted by Gasteiger charge is 2.07. The van der Waals surface area contributed by atoms with E-state index in [-0.39, 0.29) is 6.61 Å². The first-order valence-electron chi connectivity index (χ1n) is 5.17. The Morgan fingerprint density at radius 2 is 2.12 bits per heavy atom. The number of benzene rings is 1. The largest absolute Gasteiger partial charge is 0.452 e. The van der Waals surface area contributed by atoms with E-state index in [4.69, 9.17) is 9.52 Å². The molecule has 3 rings (SSSR count). The van der Waals surface area contributed by atoms with Crippen molar-refractivity contribution in [1.82, 2.24) is 9.97 Å². The molecular formula is C12H10N2O2S. The predicted molar refractivity (Wildman–Crippen MR) is 64.8 cm³/mol. The summed E-state index contributed by atoms with van der Waals surface area (Å²) < 4.78 is 5.39. The maximum absolute atomic E-state index is 8.90. The molecule has 0 amide bonds. The lowest BCUT2D eigenvalue weighted by Crippen LogP contribution is -1.74. The molecule has 0 saturated heterocycles. The molecule has 2 heterocycles. The molecule has 2 aromatic heterocycles. The second-order valence-corrected chi connectivity index (χ2v) is 4.53. The van der Waals surface area contributed by atoms with Crippen molar-refractivity contribution in [3.8, 4) is 0 Å². The summed E-state index contributed by atoms with van der Waals surface area (Å²) in [5.41, 5.74) is 1.94. The van der Waals surface area contributed by atoms with Gasteiger partial charge in [0.1, 0.15) is 12.4 Å². The molecule has 3 aromatic rings. The lowest BCUT2D eigenvalue weighted by Gasteiger charge is -1.91. The van der Waals surface area contributed by atoms with Gasteiger partial charge in [-0.3, -0.25) is 0 Å². The van der Waals surface area contributed by atoms with E-state index in [1.165, 1.54) is 11.8 Å². The van der Waals surface area contributed by atoms with Crippen molar-refractivity contribution < 1.29 is 9.52 Å². The Morgan fingerprint density at radius 1 is 1.24 bits per heavy atom. The second kappa shape index (κ2) is 4.27. The van der Waals surface area contributed by atoms with Crippen molar-refractivity contribution in [3.63, 3.8) is 0 Å². The van der Waals surface area contributed by atoms with Gasteiger partial charge in [-0.25, -0.2) is 4.98 Å². The number of nitrogens with zero attached hydrogens (tertiary/aromatic N) is 1. The summed E-state index contributed by atoms with van der Waals surface area (Å²) in [5, 5.41) is 10.4. The van der Waals surface area contributed by atoms with Crippen LogP contribution in [0.25, 0.3) is 11.0 Å². The maximum Gasteiger partial charge on any atom is 0.174 e. The maximum atomic E-state index is 8.90. The van der Waals surface area contributed by atoms with Gasteiger partial charge in [-0.2, -0.15) is 0 Å². The van der Waals surface area contributed by atoms with E-state index in [0.29, 0.717) is 10.9 Å². The van der Waals surface area contributed by atoms with Crippen LogP contribution in [0.5, 0.6) is 0 Å². The number of aromatic nitrogens is 2. The highest BCUT2D eigenvalue weighted by Crippen LogP contribution is 2.28. The first kappa shape index (κ1) is 10.4. The summed E-state index contributed by atoms with van der Waals surface area (Å²) in [5.74, 6) is 0.559. The number of furan rings is 1. The molecule has 2 N–H and O–H groups in total. The fourth-order valence-corrected chi connectivity index (χ4v) is 2.35. The normalized spacial score (nSPS) is 11.1. The van der Waals surface area contributed by atoms with Gasteiger partial charge in [0.05, 0.1) is 11.0 Å². The Hall–Kier alpha value is -1.72. The highest BCUT2D eigenvalue weighted by atomic mass is 32.2. The van der Waals surface area contributed by atoms with E-state index in [0.717, 1.165) is 16.2 Å². The van der Waals surface area contributed by atoms with Crippen LogP contribution in [0.4, 0.5) is 0 Å². The molecule has 0 aliphatic rings. The number of aromatic amines is 1. The molecule has 5 heteroatoms. The molecule has 1 aromatic carbocycles. The first-order chi connectivity index (χ1) is 8.35.